The highest BCUT2D eigenvalue weighted by molar-refractivity contribution is 6.34. The van der Waals surface area contributed by atoms with Gasteiger partial charge in [0, 0.05) is 13.6 Å². The van der Waals surface area contributed by atoms with Crippen LogP contribution in [0.5, 0.6) is 0 Å². The molecule has 18 heavy (non-hydrogen) atoms. The maximum absolute atomic E-state index is 11.3. The Morgan fingerprint density at radius 2 is 1.83 bits per heavy atom. The van der Waals surface area contributed by atoms with Crippen LogP contribution in [0.15, 0.2) is 24.3 Å². The second-order valence-electron chi connectivity index (χ2n) is 4.58. The molecule has 0 radical (unpaired) electrons. The van der Waals surface area contributed by atoms with Gasteiger partial charge in [0.1, 0.15) is 0 Å². The number of hydrogen-bond acceptors (Lipinski definition) is 2. The zero-order valence-corrected chi connectivity index (χ0v) is 11.1. The fourth-order valence-corrected chi connectivity index (χ4v) is 1.72. The van der Waals surface area contributed by atoms with Crippen molar-refractivity contribution in [3.8, 4) is 0 Å². The van der Waals surface area contributed by atoms with Gasteiger partial charge in [-0.1, -0.05) is 38.1 Å². The summed E-state index contributed by atoms with van der Waals surface area (Å²) in [5.74, 6) is -1.06. The van der Waals surface area contributed by atoms with E-state index in [1.807, 2.05) is 12.1 Å². The van der Waals surface area contributed by atoms with Gasteiger partial charge in [0.2, 0.25) is 0 Å². The molecule has 98 valence electrons. The first kappa shape index (κ1) is 14.2. The van der Waals surface area contributed by atoms with E-state index in [1.54, 1.807) is 7.05 Å². The van der Waals surface area contributed by atoms with Crippen molar-refractivity contribution >= 4 is 11.8 Å². The molecule has 4 heteroatoms. The van der Waals surface area contributed by atoms with Crippen LogP contribution in [0.3, 0.4) is 0 Å². The third-order valence-corrected chi connectivity index (χ3v) is 3.14. The molecule has 4 nitrogen and oxygen atoms in total. The summed E-state index contributed by atoms with van der Waals surface area (Å²) < 4.78 is 0. The van der Waals surface area contributed by atoms with Crippen molar-refractivity contribution in [3.05, 3.63) is 35.4 Å². The van der Waals surface area contributed by atoms with Crippen LogP contribution in [0.4, 0.5) is 0 Å². The van der Waals surface area contributed by atoms with Crippen LogP contribution >= 0.6 is 0 Å². The van der Waals surface area contributed by atoms with Gasteiger partial charge in [0.25, 0.3) is 0 Å². The lowest BCUT2D eigenvalue weighted by molar-refractivity contribution is -0.143. The second kappa shape index (κ2) is 6.19. The van der Waals surface area contributed by atoms with Crippen molar-refractivity contribution in [1.82, 2.24) is 4.90 Å². The minimum atomic E-state index is -0.922. The molecular formula is C14H20N2O2. The third-order valence-electron chi connectivity index (χ3n) is 3.14. The van der Waals surface area contributed by atoms with Gasteiger partial charge in [0.05, 0.1) is 0 Å². The highest BCUT2D eigenvalue weighted by Gasteiger charge is 2.14. The predicted octanol–water partition coefficient (Wildman–Crippen LogP) is 1.64. The highest BCUT2D eigenvalue weighted by atomic mass is 16.2. The second-order valence-corrected chi connectivity index (χ2v) is 4.58. The molecule has 1 aromatic rings. The molecule has 1 unspecified atom stereocenters. The van der Waals surface area contributed by atoms with Crippen molar-refractivity contribution in [1.29, 1.82) is 0 Å². The summed E-state index contributed by atoms with van der Waals surface area (Å²) in [4.78, 5) is 23.4. The van der Waals surface area contributed by atoms with E-state index < -0.39 is 11.8 Å². The summed E-state index contributed by atoms with van der Waals surface area (Å²) in [6.07, 6.45) is 1.10. The Balaban J connectivity index is 2.69. The minimum absolute atomic E-state index is 0.391. The van der Waals surface area contributed by atoms with Gasteiger partial charge in [-0.3, -0.25) is 9.59 Å². The lowest BCUT2D eigenvalue weighted by atomic mass is 9.97. The normalized spacial score (nSPS) is 11.9. The number of carbonyl (C=O) groups excluding carboxylic acids is 2. The average Bonchev–Trinajstić information content (AvgIpc) is 2.37. The molecule has 0 saturated carbocycles. The molecule has 0 heterocycles. The molecule has 0 aromatic heterocycles. The van der Waals surface area contributed by atoms with Crippen LogP contribution in [0.2, 0.25) is 0 Å². The van der Waals surface area contributed by atoms with Crippen molar-refractivity contribution in [2.75, 3.05) is 7.05 Å². The molecule has 1 rings (SSSR count). The zero-order valence-electron chi connectivity index (χ0n) is 11.1. The van der Waals surface area contributed by atoms with Gasteiger partial charge >= 0.3 is 11.8 Å². The number of nitrogens with zero attached hydrogens (tertiary/aromatic N) is 1. The van der Waals surface area contributed by atoms with E-state index in [9.17, 15) is 9.59 Å². The lowest BCUT2D eigenvalue weighted by Gasteiger charge is -2.16. The van der Waals surface area contributed by atoms with Crippen LogP contribution < -0.4 is 5.73 Å². The molecule has 1 aromatic carbocycles. The molecule has 0 saturated heterocycles. The maximum Gasteiger partial charge on any atom is 0.311 e. The number of nitrogens with two attached hydrogens (primary N) is 1. The molecule has 0 bridgehead atoms. The van der Waals surface area contributed by atoms with Gasteiger partial charge in [0.15, 0.2) is 0 Å². The first-order valence-corrected chi connectivity index (χ1v) is 6.09. The number of rotatable bonds is 4. The van der Waals surface area contributed by atoms with Crippen LogP contribution in [0, 0.1) is 0 Å². The van der Waals surface area contributed by atoms with E-state index in [4.69, 9.17) is 5.73 Å². The van der Waals surface area contributed by atoms with Gasteiger partial charge in [-0.25, -0.2) is 0 Å². The average molecular weight is 248 g/mol. The molecule has 2 N–H and O–H groups in total. The Morgan fingerprint density at radius 1 is 1.28 bits per heavy atom. The van der Waals surface area contributed by atoms with Crippen LogP contribution in [0.1, 0.15) is 37.3 Å². The molecule has 2 amide bonds. The summed E-state index contributed by atoms with van der Waals surface area (Å²) in [5.41, 5.74) is 7.21. The molecule has 0 aliphatic carbocycles. The fourth-order valence-electron chi connectivity index (χ4n) is 1.72. The predicted molar refractivity (Wildman–Crippen MR) is 70.8 cm³/mol. The first-order chi connectivity index (χ1) is 8.45. The zero-order chi connectivity index (χ0) is 13.7. The SMILES string of the molecule is CCC(C)c1ccc(CN(C)C(=O)C(N)=O)cc1. The van der Waals surface area contributed by atoms with E-state index in [0.29, 0.717) is 12.5 Å². The van der Waals surface area contributed by atoms with E-state index in [2.05, 4.69) is 26.0 Å². The van der Waals surface area contributed by atoms with Gasteiger partial charge in [-0.05, 0) is 23.5 Å². The minimum Gasteiger partial charge on any atom is -0.361 e. The van der Waals surface area contributed by atoms with E-state index in [1.165, 1.54) is 10.5 Å². The van der Waals surface area contributed by atoms with Gasteiger partial charge < -0.3 is 10.6 Å². The molecule has 0 aliphatic heterocycles. The highest BCUT2D eigenvalue weighted by Crippen LogP contribution is 2.19. The van der Waals surface area contributed by atoms with Crippen molar-refractivity contribution < 1.29 is 9.59 Å². The summed E-state index contributed by atoms with van der Waals surface area (Å²) >= 11 is 0. The molecule has 0 spiro atoms. The summed E-state index contributed by atoms with van der Waals surface area (Å²) in [6.45, 7) is 4.72. The monoisotopic (exact) mass is 248 g/mol. The van der Waals surface area contributed by atoms with Crippen molar-refractivity contribution in [2.24, 2.45) is 5.73 Å². The maximum atomic E-state index is 11.3. The Hall–Kier alpha value is -1.84. The Bertz CT molecular complexity index is 426. The third kappa shape index (κ3) is 3.58. The standard InChI is InChI=1S/C14H20N2O2/c1-4-10(2)12-7-5-11(6-8-12)9-16(3)14(18)13(15)17/h5-8,10H,4,9H2,1-3H3,(H2,15,17). The smallest absolute Gasteiger partial charge is 0.311 e. The van der Waals surface area contributed by atoms with Crippen molar-refractivity contribution in [2.45, 2.75) is 32.7 Å². The topological polar surface area (TPSA) is 63.4 Å². The first-order valence-electron chi connectivity index (χ1n) is 6.09. The number of carbonyl (C=O) groups is 2. The largest absolute Gasteiger partial charge is 0.361 e. The number of amides is 2. The molecule has 0 fully saturated rings. The molecular weight excluding hydrogens is 228 g/mol. The van der Waals surface area contributed by atoms with E-state index >= 15 is 0 Å². The van der Waals surface area contributed by atoms with Gasteiger partial charge in [-0.15, -0.1) is 0 Å². The molecule has 1 atom stereocenters. The fraction of sp³-hybridized carbons (Fsp3) is 0.429. The van der Waals surface area contributed by atoms with Crippen LogP contribution in [-0.2, 0) is 16.1 Å². The Morgan fingerprint density at radius 3 is 2.28 bits per heavy atom. The summed E-state index contributed by atoms with van der Waals surface area (Å²) in [7, 11) is 1.57. The summed E-state index contributed by atoms with van der Waals surface area (Å²) in [6, 6.07) is 8.08. The Kier molecular flexibility index (Phi) is 4.89. The van der Waals surface area contributed by atoms with E-state index in [-0.39, 0.29) is 0 Å². The lowest BCUT2D eigenvalue weighted by Crippen LogP contribution is -2.37. The summed E-state index contributed by atoms with van der Waals surface area (Å²) in [5, 5.41) is 0. The number of likely N-dealkylation sites (N-methyl/N-ethyl adjacent to an activating group) is 1. The quantitative estimate of drug-likeness (QED) is 0.823. The van der Waals surface area contributed by atoms with E-state index in [0.717, 1.165) is 12.0 Å². The van der Waals surface area contributed by atoms with Crippen LogP contribution in [0.25, 0.3) is 0 Å². The Labute approximate surface area is 108 Å². The molecule has 0 aliphatic rings. The number of benzene rings is 1. The van der Waals surface area contributed by atoms with Crippen molar-refractivity contribution in [3.63, 3.8) is 0 Å². The number of primary amides is 1. The number of hydrogen-bond donors (Lipinski definition) is 1. The van der Waals surface area contributed by atoms with Crippen LogP contribution in [-0.4, -0.2) is 23.8 Å². The van der Waals surface area contributed by atoms with Gasteiger partial charge in [-0.2, -0.15) is 0 Å².